The Morgan fingerprint density at radius 2 is 1.80 bits per heavy atom. The number of hydrogen-bond acceptors (Lipinski definition) is 3. The van der Waals surface area contributed by atoms with Crippen LogP contribution in [0.15, 0.2) is 48.5 Å². The Balaban J connectivity index is 1.94. The summed E-state index contributed by atoms with van der Waals surface area (Å²) >= 11 is 0. The van der Waals surface area contributed by atoms with Crippen LogP contribution in [0.3, 0.4) is 0 Å². The second-order valence-electron chi connectivity index (χ2n) is 4.71. The van der Waals surface area contributed by atoms with Gasteiger partial charge in [0.2, 0.25) is 5.91 Å². The summed E-state index contributed by atoms with van der Waals surface area (Å²) in [6, 6.07) is 14.4. The normalized spacial score (nSPS) is 16.6. The maximum atomic E-state index is 11.8. The molecule has 1 atom stereocenters. The molecule has 20 heavy (non-hydrogen) atoms. The lowest BCUT2D eigenvalue weighted by molar-refractivity contribution is 0.0387. The van der Waals surface area contributed by atoms with Crippen LogP contribution in [-0.2, 0) is 11.2 Å². The van der Waals surface area contributed by atoms with Crippen molar-refractivity contribution in [2.24, 2.45) is 5.73 Å². The second-order valence-corrected chi connectivity index (χ2v) is 4.71. The third-order valence-electron chi connectivity index (χ3n) is 3.47. The van der Waals surface area contributed by atoms with Gasteiger partial charge in [0, 0.05) is 17.5 Å². The fourth-order valence-electron chi connectivity index (χ4n) is 2.51. The minimum absolute atomic E-state index is 0.317. The topological polar surface area (TPSA) is 69.4 Å². The van der Waals surface area contributed by atoms with Crippen LogP contribution in [0.25, 0.3) is 0 Å². The van der Waals surface area contributed by atoms with Crippen molar-refractivity contribution in [2.75, 3.05) is 0 Å². The summed E-state index contributed by atoms with van der Waals surface area (Å²) in [7, 11) is 0. The van der Waals surface area contributed by atoms with E-state index in [-0.39, 0.29) is 12.1 Å². The lowest BCUT2D eigenvalue weighted by Gasteiger charge is -2.12. The quantitative estimate of drug-likeness (QED) is 0.867. The number of carbonyl (C=O) groups is 2. The number of primary amides is 1. The molecule has 0 saturated carbocycles. The molecule has 0 aromatic heterocycles. The molecule has 0 bridgehead atoms. The van der Waals surface area contributed by atoms with E-state index >= 15 is 0 Å². The van der Waals surface area contributed by atoms with E-state index in [2.05, 4.69) is 0 Å². The van der Waals surface area contributed by atoms with Crippen LogP contribution in [0.1, 0.15) is 37.9 Å². The smallest absolute Gasteiger partial charge is 0.339 e. The summed E-state index contributed by atoms with van der Waals surface area (Å²) < 4.78 is 5.38. The first kappa shape index (κ1) is 12.4. The van der Waals surface area contributed by atoms with Crippen LogP contribution in [0.4, 0.5) is 0 Å². The van der Waals surface area contributed by atoms with E-state index in [1.165, 1.54) is 0 Å². The summed E-state index contributed by atoms with van der Waals surface area (Å²) in [5.74, 6) is -0.791. The molecule has 0 spiro atoms. The van der Waals surface area contributed by atoms with Crippen molar-refractivity contribution in [1.82, 2.24) is 0 Å². The van der Waals surface area contributed by atoms with Crippen LogP contribution < -0.4 is 5.73 Å². The Kier molecular flexibility index (Phi) is 2.99. The summed E-state index contributed by atoms with van der Waals surface area (Å²) in [6.45, 7) is 0. The monoisotopic (exact) mass is 267 g/mol. The van der Waals surface area contributed by atoms with E-state index in [1.54, 1.807) is 24.3 Å². The minimum Gasteiger partial charge on any atom is -0.454 e. The van der Waals surface area contributed by atoms with Crippen LogP contribution in [0.2, 0.25) is 0 Å². The molecule has 0 radical (unpaired) electrons. The summed E-state index contributed by atoms with van der Waals surface area (Å²) in [5, 5.41) is 0. The van der Waals surface area contributed by atoms with Gasteiger partial charge < -0.3 is 10.5 Å². The molecule has 2 aromatic carbocycles. The number of benzene rings is 2. The molecule has 0 unspecified atom stereocenters. The lowest BCUT2D eigenvalue weighted by atomic mass is 9.96. The molecule has 1 amide bonds. The molecule has 0 fully saturated rings. The number of ether oxygens (including phenoxy) is 1. The standard InChI is InChI=1S/C16H13NO3/c17-15(18)11-6-2-1-5-10(11)9-14-12-7-3-4-8-13(12)16(19)20-14/h1-8,14H,9H2,(H2,17,18)/t14-/m1/s1. The highest BCUT2D eigenvalue weighted by Gasteiger charge is 2.31. The first-order chi connectivity index (χ1) is 9.66. The number of cyclic esters (lactones) is 1. The van der Waals surface area contributed by atoms with Crippen LogP contribution in [0.5, 0.6) is 0 Å². The number of rotatable bonds is 3. The third kappa shape index (κ3) is 2.05. The molecule has 0 saturated heterocycles. The third-order valence-corrected chi connectivity index (χ3v) is 3.47. The van der Waals surface area contributed by atoms with Gasteiger partial charge in [-0.2, -0.15) is 0 Å². The van der Waals surface area contributed by atoms with Crippen molar-refractivity contribution in [1.29, 1.82) is 0 Å². The molecule has 4 heteroatoms. The highest BCUT2D eigenvalue weighted by Crippen LogP contribution is 2.33. The van der Waals surface area contributed by atoms with Crippen LogP contribution in [-0.4, -0.2) is 11.9 Å². The molecule has 100 valence electrons. The molecule has 2 aromatic rings. The first-order valence-electron chi connectivity index (χ1n) is 6.34. The fraction of sp³-hybridized carbons (Fsp3) is 0.125. The van der Waals surface area contributed by atoms with Gasteiger partial charge in [0.15, 0.2) is 0 Å². The van der Waals surface area contributed by atoms with E-state index < -0.39 is 5.91 Å². The molecule has 1 aliphatic rings. The molecule has 4 nitrogen and oxygen atoms in total. The van der Waals surface area contributed by atoms with Crippen molar-refractivity contribution >= 4 is 11.9 Å². The van der Waals surface area contributed by atoms with Gasteiger partial charge in [-0.3, -0.25) is 4.79 Å². The largest absolute Gasteiger partial charge is 0.454 e. The predicted octanol–water partition coefficient (Wildman–Crippen LogP) is 2.24. The van der Waals surface area contributed by atoms with Crippen molar-refractivity contribution in [3.8, 4) is 0 Å². The molecule has 0 aliphatic carbocycles. The second kappa shape index (κ2) is 4.81. The highest BCUT2D eigenvalue weighted by molar-refractivity contribution is 5.95. The molecule has 1 heterocycles. The number of nitrogens with two attached hydrogens (primary N) is 1. The van der Waals surface area contributed by atoms with E-state index in [0.717, 1.165) is 11.1 Å². The average molecular weight is 267 g/mol. The Morgan fingerprint density at radius 1 is 1.10 bits per heavy atom. The molecule has 1 aliphatic heterocycles. The molecular weight excluding hydrogens is 254 g/mol. The zero-order valence-corrected chi connectivity index (χ0v) is 10.7. The van der Waals surface area contributed by atoms with Crippen LogP contribution in [0, 0.1) is 0 Å². The number of amides is 1. The van der Waals surface area contributed by atoms with Crippen molar-refractivity contribution in [2.45, 2.75) is 12.5 Å². The number of fused-ring (bicyclic) bond motifs is 1. The van der Waals surface area contributed by atoms with Gasteiger partial charge in [0.25, 0.3) is 0 Å². The van der Waals surface area contributed by atoms with Gasteiger partial charge in [0.05, 0.1) is 5.56 Å². The maximum Gasteiger partial charge on any atom is 0.339 e. The first-order valence-corrected chi connectivity index (χ1v) is 6.34. The molecule has 2 N–H and O–H groups in total. The fourth-order valence-corrected chi connectivity index (χ4v) is 2.51. The summed E-state index contributed by atoms with van der Waals surface area (Å²) in [4.78, 5) is 23.2. The van der Waals surface area contributed by atoms with Gasteiger partial charge >= 0.3 is 5.97 Å². The molecular formula is C16H13NO3. The number of carbonyl (C=O) groups excluding carboxylic acids is 2. The van der Waals surface area contributed by atoms with Gasteiger partial charge in [-0.25, -0.2) is 4.79 Å². The Bertz CT molecular complexity index is 694. The van der Waals surface area contributed by atoms with Crippen molar-refractivity contribution in [3.63, 3.8) is 0 Å². The Labute approximate surface area is 116 Å². The van der Waals surface area contributed by atoms with E-state index in [4.69, 9.17) is 10.5 Å². The summed E-state index contributed by atoms with van der Waals surface area (Å²) in [6.07, 6.45) is 0.0844. The zero-order valence-electron chi connectivity index (χ0n) is 10.7. The minimum atomic E-state index is -0.474. The Morgan fingerprint density at radius 3 is 2.60 bits per heavy atom. The van der Waals surface area contributed by atoms with Crippen molar-refractivity contribution in [3.05, 3.63) is 70.8 Å². The zero-order chi connectivity index (χ0) is 14.1. The predicted molar refractivity (Wildman–Crippen MR) is 73.3 cm³/mol. The Hall–Kier alpha value is -2.62. The van der Waals surface area contributed by atoms with E-state index in [1.807, 2.05) is 24.3 Å². The van der Waals surface area contributed by atoms with Gasteiger partial charge in [0.1, 0.15) is 6.10 Å². The van der Waals surface area contributed by atoms with E-state index in [9.17, 15) is 9.59 Å². The maximum absolute atomic E-state index is 11.8. The van der Waals surface area contributed by atoms with Crippen molar-refractivity contribution < 1.29 is 14.3 Å². The highest BCUT2D eigenvalue weighted by atomic mass is 16.5. The van der Waals surface area contributed by atoms with Crippen LogP contribution >= 0.6 is 0 Å². The summed E-state index contributed by atoms with van der Waals surface area (Å²) in [5.41, 5.74) is 8.07. The van der Waals surface area contributed by atoms with Gasteiger partial charge in [-0.1, -0.05) is 36.4 Å². The van der Waals surface area contributed by atoms with Gasteiger partial charge in [-0.05, 0) is 17.7 Å². The average Bonchev–Trinajstić information content (AvgIpc) is 2.76. The molecule has 3 rings (SSSR count). The SMILES string of the molecule is NC(=O)c1ccccc1C[C@H]1OC(=O)c2ccccc21. The van der Waals surface area contributed by atoms with Gasteiger partial charge in [-0.15, -0.1) is 0 Å². The number of hydrogen-bond donors (Lipinski definition) is 1. The van der Waals surface area contributed by atoms with E-state index in [0.29, 0.717) is 17.5 Å². The lowest BCUT2D eigenvalue weighted by Crippen LogP contribution is -2.15. The number of esters is 1.